The third-order valence-electron chi connectivity index (χ3n) is 7.22. The molecule has 0 bridgehead atoms. The number of esters is 1. The number of rotatable bonds is 4. The molecule has 0 saturated carbocycles. The molecular formula is C26H28F4N2O3. The molecule has 5 nitrogen and oxygen atoms in total. The van der Waals surface area contributed by atoms with Crippen LogP contribution in [0.5, 0.6) is 0 Å². The van der Waals surface area contributed by atoms with Crippen LogP contribution in [0.1, 0.15) is 40.7 Å². The summed E-state index contributed by atoms with van der Waals surface area (Å²) in [5.41, 5.74) is 1.33. The predicted octanol–water partition coefficient (Wildman–Crippen LogP) is 4.74. The van der Waals surface area contributed by atoms with Crippen LogP contribution in [0.3, 0.4) is 0 Å². The number of nitrogens with zero attached hydrogens (tertiary/aromatic N) is 2. The Morgan fingerprint density at radius 3 is 2.31 bits per heavy atom. The summed E-state index contributed by atoms with van der Waals surface area (Å²) in [5.74, 6) is -2.78. The Kier molecular flexibility index (Phi) is 7.17. The van der Waals surface area contributed by atoms with Crippen molar-refractivity contribution in [1.82, 2.24) is 9.80 Å². The first-order chi connectivity index (χ1) is 16.6. The molecule has 4 rings (SSSR count). The topological polar surface area (TPSA) is 49.9 Å². The van der Waals surface area contributed by atoms with Crippen LogP contribution < -0.4 is 0 Å². The number of alkyl halides is 3. The Balaban J connectivity index is 1.47. The second-order valence-electron chi connectivity index (χ2n) is 9.48. The molecule has 0 radical (unpaired) electrons. The second-order valence-corrected chi connectivity index (χ2v) is 9.48. The molecule has 2 saturated heterocycles. The molecule has 2 aromatic rings. The van der Waals surface area contributed by atoms with Crippen LogP contribution in [0.25, 0.3) is 0 Å². The SMILES string of the molecule is Cc1cc(CN2CCC3(CC2)CCN(C(=O)c2ccccc2)CC3OC(=O)C(F)(F)F)ccc1F. The monoisotopic (exact) mass is 492 g/mol. The molecule has 1 spiro atoms. The first-order valence-corrected chi connectivity index (χ1v) is 11.7. The zero-order valence-corrected chi connectivity index (χ0v) is 19.5. The fraction of sp³-hybridized carbons (Fsp3) is 0.462. The minimum atomic E-state index is -5.10. The van der Waals surface area contributed by atoms with Crippen LogP contribution in [-0.2, 0) is 16.1 Å². The molecule has 2 aliphatic heterocycles. The van der Waals surface area contributed by atoms with Gasteiger partial charge in [0.15, 0.2) is 0 Å². The van der Waals surface area contributed by atoms with Crippen molar-refractivity contribution in [3.05, 3.63) is 71.0 Å². The highest BCUT2D eigenvalue weighted by Gasteiger charge is 2.51. The molecule has 1 atom stereocenters. The summed E-state index contributed by atoms with van der Waals surface area (Å²) in [6.07, 6.45) is -4.63. The van der Waals surface area contributed by atoms with Crippen molar-refractivity contribution in [1.29, 1.82) is 0 Å². The number of benzene rings is 2. The first kappa shape index (κ1) is 25.2. The molecule has 0 aromatic heterocycles. The zero-order chi connectivity index (χ0) is 25.2. The average molecular weight is 493 g/mol. The third-order valence-corrected chi connectivity index (χ3v) is 7.22. The lowest BCUT2D eigenvalue weighted by atomic mass is 9.69. The van der Waals surface area contributed by atoms with Crippen molar-refractivity contribution in [2.24, 2.45) is 5.41 Å². The molecule has 9 heteroatoms. The van der Waals surface area contributed by atoms with Gasteiger partial charge in [0.2, 0.25) is 0 Å². The summed E-state index contributed by atoms with van der Waals surface area (Å²) >= 11 is 0. The van der Waals surface area contributed by atoms with E-state index >= 15 is 0 Å². The normalized spacial score (nSPS) is 20.6. The van der Waals surface area contributed by atoms with Gasteiger partial charge in [-0.1, -0.05) is 30.3 Å². The number of carbonyl (C=O) groups excluding carboxylic acids is 2. The van der Waals surface area contributed by atoms with E-state index in [1.807, 2.05) is 0 Å². The van der Waals surface area contributed by atoms with Crippen LogP contribution in [0.15, 0.2) is 48.5 Å². The number of piperidine rings is 2. The third kappa shape index (κ3) is 5.66. The van der Waals surface area contributed by atoms with Gasteiger partial charge in [-0.3, -0.25) is 9.69 Å². The summed E-state index contributed by atoms with van der Waals surface area (Å²) in [6, 6.07) is 13.5. The van der Waals surface area contributed by atoms with Crippen LogP contribution >= 0.6 is 0 Å². The van der Waals surface area contributed by atoms with Crippen molar-refractivity contribution in [2.75, 3.05) is 26.2 Å². The number of ether oxygens (including phenoxy) is 1. The Hall–Kier alpha value is -2.94. The van der Waals surface area contributed by atoms with Gasteiger partial charge < -0.3 is 9.64 Å². The molecule has 2 aromatic carbocycles. The fourth-order valence-corrected chi connectivity index (χ4v) is 5.10. The van der Waals surface area contributed by atoms with Crippen LogP contribution in [0.4, 0.5) is 17.6 Å². The van der Waals surface area contributed by atoms with Gasteiger partial charge in [0.1, 0.15) is 11.9 Å². The smallest absolute Gasteiger partial charge is 0.453 e. The Labute approximate surface area is 201 Å². The van der Waals surface area contributed by atoms with E-state index in [0.717, 1.165) is 5.56 Å². The van der Waals surface area contributed by atoms with E-state index in [1.54, 1.807) is 49.4 Å². The van der Waals surface area contributed by atoms with Gasteiger partial charge in [-0.2, -0.15) is 13.2 Å². The summed E-state index contributed by atoms with van der Waals surface area (Å²) < 4.78 is 57.8. The van der Waals surface area contributed by atoms with Gasteiger partial charge in [0.05, 0.1) is 6.54 Å². The largest absolute Gasteiger partial charge is 0.490 e. The van der Waals surface area contributed by atoms with Crippen LogP contribution in [-0.4, -0.2) is 60.1 Å². The average Bonchev–Trinajstić information content (AvgIpc) is 2.84. The molecule has 35 heavy (non-hydrogen) atoms. The van der Waals surface area contributed by atoms with E-state index in [9.17, 15) is 27.2 Å². The number of hydrogen-bond donors (Lipinski definition) is 0. The maximum absolute atomic E-state index is 13.6. The van der Waals surface area contributed by atoms with Gasteiger partial charge in [0.25, 0.3) is 5.91 Å². The molecule has 188 valence electrons. The van der Waals surface area contributed by atoms with E-state index in [2.05, 4.69) is 4.90 Å². The summed E-state index contributed by atoms with van der Waals surface area (Å²) in [5, 5.41) is 0. The number of carbonyl (C=O) groups is 2. The van der Waals surface area contributed by atoms with Crippen LogP contribution in [0.2, 0.25) is 0 Å². The van der Waals surface area contributed by atoms with Gasteiger partial charge in [-0.25, -0.2) is 9.18 Å². The molecule has 2 aliphatic rings. The Bertz CT molecular complexity index is 1070. The number of halogens is 4. The van der Waals surface area contributed by atoms with Crippen molar-refractivity contribution < 1.29 is 31.9 Å². The Morgan fingerprint density at radius 2 is 1.69 bits per heavy atom. The summed E-state index contributed by atoms with van der Waals surface area (Å²) in [6.45, 7) is 3.81. The number of hydrogen-bond acceptors (Lipinski definition) is 4. The number of aryl methyl sites for hydroxylation is 1. The highest BCUT2D eigenvalue weighted by Crippen LogP contribution is 2.44. The molecule has 0 aliphatic carbocycles. The highest BCUT2D eigenvalue weighted by molar-refractivity contribution is 5.94. The first-order valence-electron chi connectivity index (χ1n) is 11.7. The van der Waals surface area contributed by atoms with Gasteiger partial charge >= 0.3 is 12.1 Å². The van der Waals surface area contributed by atoms with E-state index in [0.29, 0.717) is 56.6 Å². The minimum absolute atomic E-state index is 0.0767. The van der Waals surface area contributed by atoms with Crippen molar-refractivity contribution in [2.45, 2.75) is 45.0 Å². The Morgan fingerprint density at radius 1 is 1.03 bits per heavy atom. The van der Waals surface area contributed by atoms with Crippen molar-refractivity contribution >= 4 is 11.9 Å². The fourth-order valence-electron chi connectivity index (χ4n) is 5.10. The maximum atomic E-state index is 13.6. The number of likely N-dealkylation sites (tertiary alicyclic amines) is 2. The van der Waals surface area contributed by atoms with E-state index in [1.165, 1.54) is 11.0 Å². The molecule has 1 unspecified atom stereocenters. The predicted molar refractivity (Wildman–Crippen MR) is 121 cm³/mol. The second kappa shape index (κ2) is 9.97. The van der Waals surface area contributed by atoms with Gasteiger partial charge in [-0.15, -0.1) is 0 Å². The lowest BCUT2D eigenvalue weighted by Crippen LogP contribution is -2.58. The molecular weight excluding hydrogens is 464 g/mol. The van der Waals surface area contributed by atoms with Crippen LogP contribution in [0, 0.1) is 18.2 Å². The van der Waals surface area contributed by atoms with E-state index in [4.69, 9.17) is 4.74 Å². The number of amides is 1. The highest BCUT2D eigenvalue weighted by atomic mass is 19.4. The summed E-state index contributed by atoms with van der Waals surface area (Å²) in [7, 11) is 0. The molecule has 1 amide bonds. The van der Waals surface area contributed by atoms with Crippen molar-refractivity contribution in [3.8, 4) is 0 Å². The van der Waals surface area contributed by atoms with E-state index in [-0.39, 0.29) is 18.3 Å². The lowest BCUT2D eigenvalue weighted by molar-refractivity contribution is -0.216. The lowest BCUT2D eigenvalue weighted by Gasteiger charge is -2.51. The standard InChI is InChI=1S/C26H28F4N2O3/c1-18-15-19(7-8-21(18)27)16-31-12-9-25(10-13-31)11-14-32(23(33)20-5-3-2-4-6-20)17-22(25)35-24(34)26(28,29)30/h2-8,15,22H,9-14,16-17H2,1H3. The quantitative estimate of drug-likeness (QED) is 0.457. The van der Waals surface area contributed by atoms with Gasteiger partial charge in [-0.05, 0) is 68.6 Å². The molecule has 2 fully saturated rings. The van der Waals surface area contributed by atoms with Gasteiger partial charge in [0, 0.05) is 24.1 Å². The molecule has 2 heterocycles. The zero-order valence-electron chi connectivity index (χ0n) is 19.5. The molecule has 0 N–H and O–H groups in total. The minimum Gasteiger partial charge on any atom is -0.453 e. The summed E-state index contributed by atoms with van der Waals surface area (Å²) in [4.78, 5) is 28.4. The maximum Gasteiger partial charge on any atom is 0.490 e. The van der Waals surface area contributed by atoms with E-state index < -0.39 is 23.7 Å². The van der Waals surface area contributed by atoms with Crippen molar-refractivity contribution in [3.63, 3.8) is 0 Å².